The molecule has 0 fully saturated rings. The molecule has 3 N–H and O–H groups in total. The molecule has 102 valence electrons. The Bertz CT molecular complexity index is 451. The van der Waals surface area contributed by atoms with Crippen molar-refractivity contribution >= 4 is 15.7 Å². The van der Waals surface area contributed by atoms with Crippen molar-refractivity contribution in [3.8, 4) is 0 Å². The van der Waals surface area contributed by atoms with Crippen LogP contribution in [0.15, 0.2) is 29.2 Å². The lowest BCUT2D eigenvalue weighted by molar-refractivity contribution is 0.588. The molecule has 5 nitrogen and oxygen atoms in total. The minimum absolute atomic E-state index is 0.276. The van der Waals surface area contributed by atoms with E-state index in [1.807, 2.05) is 12.1 Å². The number of sulfonamides is 1. The largest absolute Gasteiger partial charge is 0.370 e. The highest BCUT2D eigenvalue weighted by molar-refractivity contribution is 7.89. The van der Waals surface area contributed by atoms with E-state index in [0.29, 0.717) is 6.54 Å². The van der Waals surface area contributed by atoms with Crippen LogP contribution in [0.2, 0.25) is 0 Å². The summed E-state index contributed by atoms with van der Waals surface area (Å²) in [4.78, 5) is 2.42. The van der Waals surface area contributed by atoms with E-state index >= 15 is 0 Å². The van der Waals surface area contributed by atoms with Crippen LogP contribution in [0.3, 0.4) is 0 Å². The Morgan fingerprint density at radius 3 is 2.28 bits per heavy atom. The van der Waals surface area contributed by atoms with Crippen molar-refractivity contribution in [1.82, 2.24) is 4.72 Å². The zero-order chi connectivity index (χ0) is 13.6. The van der Waals surface area contributed by atoms with Crippen LogP contribution in [0.1, 0.15) is 13.3 Å². The van der Waals surface area contributed by atoms with Crippen LogP contribution >= 0.6 is 0 Å². The average Bonchev–Trinajstić information content (AvgIpc) is 2.39. The summed E-state index contributed by atoms with van der Waals surface area (Å²) in [6.07, 6.45) is 1.02. The maximum atomic E-state index is 11.6. The Morgan fingerprint density at radius 1 is 1.22 bits per heavy atom. The lowest BCUT2D eigenvalue weighted by atomic mass is 10.2. The van der Waals surface area contributed by atoms with Crippen molar-refractivity contribution in [3.63, 3.8) is 0 Å². The van der Waals surface area contributed by atoms with Crippen molar-refractivity contribution < 1.29 is 8.42 Å². The normalized spacial score (nSPS) is 11.5. The van der Waals surface area contributed by atoms with Gasteiger partial charge in [0.25, 0.3) is 0 Å². The van der Waals surface area contributed by atoms with Gasteiger partial charge in [0, 0.05) is 25.3 Å². The van der Waals surface area contributed by atoms with Crippen molar-refractivity contribution in [2.24, 2.45) is 5.73 Å². The molecule has 6 heteroatoms. The fourth-order valence-electron chi connectivity index (χ4n) is 1.75. The lowest BCUT2D eigenvalue weighted by Gasteiger charge is -2.23. The van der Waals surface area contributed by atoms with Gasteiger partial charge in [-0.1, -0.05) is 6.92 Å². The summed E-state index contributed by atoms with van der Waals surface area (Å²) in [6.45, 7) is 4.36. The number of hydrogen-bond acceptors (Lipinski definition) is 4. The molecule has 0 aromatic heterocycles. The molecule has 0 atom stereocenters. The van der Waals surface area contributed by atoms with Crippen molar-refractivity contribution in [2.45, 2.75) is 18.2 Å². The summed E-state index contributed by atoms with van der Waals surface area (Å²) in [7, 11) is -1.95. The van der Waals surface area contributed by atoms with Gasteiger partial charge in [0.2, 0.25) is 10.0 Å². The van der Waals surface area contributed by atoms with Gasteiger partial charge in [0.1, 0.15) is 0 Å². The molecule has 1 aromatic rings. The Kier molecular flexibility index (Phi) is 5.58. The molecule has 0 bridgehead atoms. The van der Waals surface area contributed by atoms with E-state index in [0.717, 1.165) is 25.2 Å². The van der Waals surface area contributed by atoms with Crippen LogP contribution in [0.25, 0.3) is 0 Å². The third kappa shape index (κ3) is 3.69. The maximum absolute atomic E-state index is 11.6. The van der Waals surface area contributed by atoms with Gasteiger partial charge in [-0.15, -0.1) is 0 Å². The Labute approximate surface area is 109 Å². The predicted molar refractivity (Wildman–Crippen MR) is 74.2 cm³/mol. The molecule has 1 rings (SSSR count). The van der Waals surface area contributed by atoms with Gasteiger partial charge >= 0.3 is 0 Å². The van der Waals surface area contributed by atoms with E-state index in [4.69, 9.17) is 5.73 Å². The van der Waals surface area contributed by atoms with Crippen molar-refractivity contribution in [3.05, 3.63) is 24.3 Å². The number of nitrogens with zero attached hydrogens (tertiary/aromatic N) is 1. The first-order valence-electron chi connectivity index (χ1n) is 6.03. The van der Waals surface area contributed by atoms with E-state index in [9.17, 15) is 8.42 Å². The summed E-state index contributed by atoms with van der Waals surface area (Å²) in [6, 6.07) is 6.85. The molecule has 0 unspecified atom stereocenters. The van der Waals surface area contributed by atoms with Crippen LogP contribution in [-0.4, -0.2) is 35.1 Å². The summed E-state index contributed by atoms with van der Waals surface area (Å²) in [5, 5.41) is 0. The van der Waals surface area contributed by atoms with Crippen LogP contribution in [0, 0.1) is 0 Å². The fourth-order valence-corrected chi connectivity index (χ4v) is 2.48. The van der Waals surface area contributed by atoms with Gasteiger partial charge in [-0.2, -0.15) is 0 Å². The maximum Gasteiger partial charge on any atom is 0.240 e. The molecular formula is C12H21N3O2S. The van der Waals surface area contributed by atoms with E-state index < -0.39 is 10.0 Å². The zero-order valence-corrected chi connectivity index (χ0v) is 11.7. The molecule has 0 heterocycles. The Hall–Kier alpha value is -1.11. The average molecular weight is 271 g/mol. The van der Waals surface area contributed by atoms with Crippen LogP contribution in [-0.2, 0) is 10.0 Å². The number of rotatable bonds is 7. The first kappa shape index (κ1) is 14.9. The molecule has 0 saturated carbocycles. The van der Waals surface area contributed by atoms with E-state index in [1.165, 1.54) is 7.05 Å². The summed E-state index contributed by atoms with van der Waals surface area (Å²) >= 11 is 0. The molecule has 0 saturated heterocycles. The lowest BCUT2D eigenvalue weighted by Crippen LogP contribution is -2.30. The first-order chi connectivity index (χ1) is 8.55. The van der Waals surface area contributed by atoms with Crippen LogP contribution < -0.4 is 15.4 Å². The third-order valence-electron chi connectivity index (χ3n) is 2.67. The molecule has 0 aliphatic rings. The van der Waals surface area contributed by atoms with E-state index in [-0.39, 0.29) is 4.90 Å². The Morgan fingerprint density at radius 2 is 1.83 bits per heavy atom. The molecule has 1 aromatic carbocycles. The second kappa shape index (κ2) is 6.72. The highest BCUT2D eigenvalue weighted by atomic mass is 32.2. The number of benzene rings is 1. The summed E-state index contributed by atoms with van der Waals surface area (Å²) in [5.41, 5.74) is 6.57. The van der Waals surface area contributed by atoms with Gasteiger partial charge in [0.05, 0.1) is 4.90 Å². The van der Waals surface area contributed by atoms with Gasteiger partial charge < -0.3 is 10.6 Å². The minimum atomic E-state index is -3.36. The monoisotopic (exact) mass is 271 g/mol. The first-order valence-corrected chi connectivity index (χ1v) is 7.52. The SMILES string of the molecule is CCCN(CCN)c1ccc(S(=O)(=O)NC)cc1. The van der Waals surface area contributed by atoms with Crippen molar-refractivity contribution in [1.29, 1.82) is 0 Å². The quantitative estimate of drug-likeness (QED) is 0.768. The predicted octanol–water partition coefficient (Wildman–Crippen LogP) is 0.770. The van der Waals surface area contributed by atoms with Crippen LogP contribution in [0.4, 0.5) is 5.69 Å². The second-order valence-electron chi connectivity index (χ2n) is 3.98. The fraction of sp³-hybridized carbons (Fsp3) is 0.500. The highest BCUT2D eigenvalue weighted by Gasteiger charge is 2.11. The number of nitrogens with one attached hydrogen (secondary N) is 1. The number of hydrogen-bond donors (Lipinski definition) is 2. The molecular weight excluding hydrogens is 250 g/mol. The van der Waals surface area contributed by atoms with E-state index in [1.54, 1.807) is 12.1 Å². The highest BCUT2D eigenvalue weighted by Crippen LogP contribution is 2.17. The molecule has 0 amide bonds. The molecule has 0 spiro atoms. The molecule has 18 heavy (non-hydrogen) atoms. The smallest absolute Gasteiger partial charge is 0.240 e. The van der Waals surface area contributed by atoms with E-state index in [2.05, 4.69) is 16.5 Å². The topological polar surface area (TPSA) is 75.4 Å². The standard InChI is InChI=1S/C12H21N3O2S/c1-3-9-15(10-8-13)11-4-6-12(7-5-11)18(16,17)14-2/h4-7,14H,3,8-10,13H2,1-2H3. The molecule has 0 aliphatic heterocycles. The van der Waals surface area contributed by atoms with Gasteiger partial charge in [-0.3, -0.25) is 0 Å². The minimum Gasteiger partial charge on any atom is -0.370 e. The summed E-state index contributed by atoms with van der Waals surface area (Å²) in [5.74, 6) is 0. The van der Waals surface area contributed by atoms with Gasteiger partial charge in [0.15, 0.2) is 0 Å². The number of nitrogens with two attached hydrogens (primary N) is 1. The van der Waals surface area contributed by atoms with Gasteiger partial charge in [-0.05, 0) is 37.7 Å². The molecule has 0 aliphatic carbocycles. The summed E-state index contributed by atoms with van der Waals surface area (Å²) < 4.78 is 25.5. The zero-order valence-electron chi connectivity index (χ0n) is 10.9. The van der Waals surface area contributed by atoms with Crippen LogP contribution in [0.5, 0.6) is 0 Å². The van der Waals surface area contributed by atoms with Crippen molar-refractivity contribution in [2.75, 3.05) is 31.6 Å². The molecule has 0 radical (unpaired) electrons. The third-order valence-corrected chi connectivity index (χ3v) is 4.10. The number of anilines is 1. The second-order valence-corrected chi connectivity index (χ2v) is 5.86. The Balaban J connectivity index is 2.93. The van der Waals surface area contributed by atoms with Gasteiger partial charge in [-0.25, -0.2) is 13.1 Å².